The summed E-state index contributed by atoms with van der Waals surface area (Å²) in [5, 5.41) is 4.01. The Balaban J connectivity index is 2.16. The van der Waals surface area contributed by atoms with Crippen LogP contribution in [-0.2, 0) is 16.4 Å². The molecule has 0 saturated heterocycles. The molecule has 2 rings (SSSR count). The number of anilines is 1. The fourth-order valence-electron chi connectivity index (χ4n) is 2.04. The molecular formula is C14H18N2O2S2. The Labute approximate surface area is 123 Å². The normalized spacial score (nSPS) is 13.3. The van der Waals surface area contributed by atoms with Crippen LogP contribution in [-0.4, -0.2) is 14.5 Å². The molecule has 0 radical (unpaired) electrons. The number of nitrogen functional groups attached to an aromatic ring is 1. The molecule has 108 valence electrons. The minimum Gasteiger partial charge on any atom is -0.399 e. The van der Waals surface area contributed by atoms with Gasteiger partial charge in [0, 0.05) is 11.7 Å². The number of benzene rings is 1. The van der Waals surface area contributed by atoms with E-state index in [0.29, 0.717) is 17.7 Å². The Bertz CT molecular complexity index is 679. The van der Waals surface area contributed by atoms with Crippen LogP contribution < -0.4 is 10.5 Å². The minimum atomic E-state index is -3.54. The second-order valence-electron chi connectivity index (χ2n) is 4.88. The Morgan fingerprint density at radius 1 is 1.35 bits per heavy atom. The lowest BCUT2D eigenvalue weighted by atomic mass is 10.1. The first-order valence-corrected chi connectivity index (χ1v) is 8.70. The molecule has 3 N–H and O–H groups in total. The largest absolute Gasteiger partial charge is 0.399 e. The summed E-state index contributed by atoms with van der Waals surface area (Å²) in [4.78, 5) is 0.245. The van der Waals surface area contributed by atoms with Crippen LogP contribution >= 0.6 is 11.3 Å². The van der Waals surface area contributed by atoms with E-state index in [1.165, 1.54) is 6.07 Å². The van der Waals surface area contributed by atoms with Crippen molar-refractivity contribution in [3.05, 3.63) is 46.2 Å². The zero-order valence-corrected chi connectivity index (χ0v) is 13.1. The van der Waals surface area contributed by atoms with Gasteiger partial charge in [-0.3, -0.25) is 0 Å². The molecule has 0 aliphatic rings. The number of hydrogen-bond acceptors (Lipinski definition) is 4. The topological polar surface area (TPSA) is 72.2 Å². The Morgan fingerprint density at radius 2 is 2.10 bits per heavy atom. The summed E-state index contributed by atoms with van der Waals surface area (Å²) in [7, 11) is -3.54. The third-order valence-electron chi connectivity index (χ3n) is 2.98. The van der Waals surface area contributed by atoms with Crippen LogP contribution in [0, 0.1) is 6.92 Å². The van der Waals surface area contributed by atoms with Crippen molar-refractivity contribution in [3.8, 4) is 0 Å². The van der Waals surface area contributed by atoms with E-state index >= 15 is 0 Å². The number of sulfonamides is 1. The monoisotopic (exact) mass is 310 g/mol. The molecule has 6 heteroatoms. The third-order valence-corrected chi connectivity index (χ3v) is 5.44. The zero-order chi connectivity index (χ0) is 14.8. The highest BCUT2D eigenvalue weighted by molar-refractivity contribution is 7.89. The predicted molar refractivity (Wildman–Crippen MR) is 83.4 cm³/mol. The van der Waals surface area contributed by atoms with E-state index < -0.39 is 10.0 Å². The van der Waals surface area contributed by atoms with Gasteiger partial charge in [0.05, 0.1) is 4.90 Å². The molecule has 0 bridgehead atoms. The van der Waals surface area contributed by atoms with Gasteiger partial charge in [-0.25, -0.2) is 13.1 Å². The summed E-state index contributed by atoms with van der Waals surface area (Å²) in [5.41, 5.74) is 7.94. The fraction of sp³-hybridized carbons (Fsp3) is 0.286. The maximum atomic E-state index is 12.4. The van der Waals surface area contributed by atoms with Gasteiger partial charge in [-0.05, 0) is 60.4 Å². The summed E-state index contributed by atoms with van der Waals surface area (Å²) in [5.74, 6) is 0. The molecular weight excluding hydrogens is 292 g/mol. The fourth-order valence-corrected chi connectivity index (χ4v) is 4.24. The molecule has 0 aliphatic heterocycles. The number of thiophene rings is 1. The van der Waals surface area contributed by atoms with E-state index in [0.717, 1.165) is 5.56 Å². The molecule has 1 aromatic heterocycles. The summed E-state index contributed by atoms with van der Waals surface area (Å²) >= 11 is 1.61. The zero-order valence-electron chi connectivity index (χ0n) is 11.5. The number of nitrogens with one attached hydrogen (secondary N) is 1. The first kappa shape index (κ1) is 15.0. The van der Waals surface area contributed by atoms with Gasteiger partial charge in [0.15, 0.2) is 0 Å². The van der Waals surface area contributed by atoms with Gasteiger partial charge in [0.25, 0.3) is 0 Å². The second-order valence-corrected chi connectivity index (χ2v) is 7.35. The van der Waals surface area contributed by atoms with Crippen LogP contribution in [0.3, 0.4) is 0 Å². The first-order valence-electron chi connectivity index (χ1n) is 6.28. The van der Waals surface area contributed by atoms with Gasteiger partial charge in [0.1, 0.15) is 0 Å². The number of rotatable bonds is 5. The van der Waals surface area contributed by atoms with E-state index in [1.807, 2.05) is 23.8 Å². The van der Waals surface area contributed by atoms with Crippen LogP contribution in [0.25, 0.3) is 0 Å². The van der Waals surface area contributed by atoms with Crippen molar-refractivity contribution in [2.24, 2.45) is 0 Å². The van der Waals surface area contributed by atoms with Crippen molar-refractivity contribution in [1.82, 2.24) is 4.72 Å². The summed E-state index contributed by atoms with van der Waals surface area (Å²) in [6.07, 6.45) is 0.671. The van der Waals surface area contributed by atoms with Crippen molar-refractivity contribution in [3.63, 3.8) is 0 Å². The molecule has 0 saturated carbocycles. The van der Waals surface area contributed by atoms with Gasteiger partial charge >= 0.3 is 0 Å². The second kappa shape index (κ2) is 5.95. The van der Waals surface area contributed by atoms with E-state index in [1.54, 1.807) is 30.4 Å². The van der Waals surface area contributed by atoms with Gasteiger partial charge in [0.2, 0.25) is 10.0 Å². The Kier molecular flexibility index (Phi) is 4.47. The standard InChI is InChI=1S/C14H18N2O2S2/c1-10-3-4-13(15)8-14(10)20(17,18)16-11(2)7-12-5-6-19-9-12/h3-6,8-9,11,16H,7,15H2,1-2H3. The molecule has 2 aromatic rings. The van der Waals surface area contributed by atoms with Crippen molar-refractivity contribution in [2.75, 3.05) is 5.73 Å². The molecule has 20 heavy (non-hydrogen) atoms. The number of aryl methyl sites for hydroxylation is 1. The molecule has 1 atom stereocenters. The highest BCUT2D eigenvalue weighted by Crippen LogP contribution is 2.19. The van der Waals surface area contributed by atoms with Crippen LogP contribution in [0.5, 0.6) is 0 Å². The summed E-state index contributed by atoms with van der Waals surface area (Å²) < 4.78 is 27.5. The molecule has 0 aliphatic carbocycles. The van der Waals surface area contributed by atoms with E-state index in [9.17, 15) is 8.42 Å². The average molecular weight is 310 g/mol. The third kappa shape index (κ3) is 3.59. The minimum absolute atomic E-state index is 0.171. The van der Waals surface area contributed by atoms with Crippen LogP contribution in [0.2, 0.25) is 0 Å². The molecule has 4 nitrogen and oxygen atoms in total. The molecule has 0 fully saturated rings. The van der Waals surface area contributed by atoms with Crippen molar-refractivity contribution >= 4 is 27.0 Å². The maximum Gasteiger partial charge on any atom is 0.241 e. The van der Waals surface area contributed by atoms with Crippen molar-refractivity contribution < 1.29 is 8.42 Å². The maximum absolute atomic E-state index is 12.4. The lowest BCUT2D eigenvalue weighted by Crippen LogP contribution is -2.34. The van der Waals surface area contributed by atoms with Crippen LogP contribution in [0.1, 0.15) is 18.1 Å². The van der Waals surface area contributed by atoms with E-state index in [2.05, 4.69) is 4.72 Å². The number of hydrogen-bond donors (Lipinski definition) is 2. The van der Waals surface area contributed by atoms with E-state index in [4.69, 9.17) is 5.73 Å². The molecule has 1 heterocycles. The van der Waals surface area contributed by atoms with Gasteiger partial charge in [-0.1, -0.05) is 6.07 Å². The lowest BCUT2D eigenvalue weighted by molar-refractivity contribution is 0.559. The smallest absolute Gasteiger partial charge is 0.241 e. The Hall–Kier alpha value is -1.37. The average Bonchev–Trinajstić information content (AvgIpc) is 2.84. The SMILES string of the molecule is Cc1ccc(N)cc1S(=O)(=O)NC(C)Cc1ccsc1. The predicted octanol–water partition coefficient (Wildman–Crippen LogP) is 2.55. The molecule has 0 spiro atoms. The molecule has 1 aromatic carbocycles. The van der Waals surface area contributed by atoms with Crippen molar-refractivity contribution in [1.29, 1.82) is 0 Å². The van der Waals surface area contributed by atoms with Gasteiger partial charge < -0.3 is 5.73 Å². The number of nitrogens with two attached hydrogens (primary N) is 1. The first-order chi connectivity index (χ1) is 9.38. The van der Waals surface area contributed by atoms with E-state index in [-0.39, 0.29) is 10.9 Å². The molecule has 0 amide bonds. The quantitative estimate of drug-likeness (QED) is 0.834. The Morgan fingerprint density at radius 3 is 2.75 bits per heavy atom. The highest BCUT2D eigenvalue weighted by atomic mass is 32.2. The van der Waals surface area contributed by atoms with Crippen molar-refractivity contribution in [2.45, 2.75) is 31.2 Å². The van der Waals surface area contributed by atoms with Gasteiger partial charge in [-0.15, -0.1) is 0 Å². The van der Waals surface area contributed by atoms with Crippen LogP contribution in [0.4, 0.5) is 5.69 Å². The lowest BCUT2D eigenvalue weighted by Gasteiger charge is -2.15. The summed E-state index contributed by atoms with van der Waals surface area (Å²) in [6.45, 7) is 3.62. The van der Waals surface area contributed by atoms with Gasteiger partial charge in [-0.2, -0.15) is 11.3 Å². The van der Waals surface area contributed by atoms with Crippen LogP contribution in [0.15, 0.2) is 39.9 Å². The highest BCUT2D eigenvalue weighted by Gasteiger charge is 2.20. The summed E-state index contributed by atoms with van der Waals surface area (Å²) in [6, 6.07) is 6.74. The molecule has 1 unspecified atom stereocenters.